The summed E-state index contributed by atoms with van der Waals surface area (Å²) in [6.07, 6.45) is 3.11. The van der Waals surface area contributed by atoms with E-state index in [9.17, 15) is 14.4 Å². The van der Waals surface area contributed by atoms with Gasteiger partial charge in [0.1, 0.15) is 5.00 Å². The monoisotopic (exact) mass is 428 g/mol. The Morgan fingerprint density at radius 2 is 1.80 bits per heavy atom. The predicted molar refractivity (Wildman–Crippen MR) is 121 cm³/mol. The number of hydrogen-bond acceptors (Lipinski definition) is 5. The molecule has 2 amide bonds. The lowest BCUT2D eigenvalue weighted by Gasteiger charge is -2.09. The van der Waals surface area contributed by atoms with Crippen molar-refractivity contribution < 1.29 is 19.1 Å². The third-order valence-electron chi connectivity index (χ3n) is 4.49. The normalized spacial score (nSPS) is 11.0. The Labute approximate surface area is 181 Å². The Kier molecular flexibility index (Phi) is 7.94. The highest BCUT2D eigenvalue weighted by atomic mass is 32.1. The fourth-order valence-electron chi connectivity index (χ4n) is 2.78. The molecule has 1 aromatic heterocycles. The second-order valence-electron chi connectivity index (χ2n) is 7.32. The van der Waals surface area contributed by atoms with Crippen molar-refractivity contribution in [2.45, 2.75) is 33.6 Å². The van der Waals surface area contributed by atoms with Crippen molar-refractivity contribution in [3.8, 4) is 0 Å². The van der Waals surface area contributed by atoms with E-state index in [-0.39, 0.29) is 18.1 Å². The van der Waals surface area contributed by atoms with Crippen LogP contribution in [0.3, 0.4) is 0 Å². The van der Waals surface area contributed by atoms with Gasteiger partial charge in [-0.25, -0.2) is 4.79 Å². The number of ether oxygens (including phenoxy) is 1. The molecule has 0 aliphatic heterocycles. The Morgan fingerprint density at radius 1 is 1.17 bits per heavy atom. The molecule has 0 saturated carbocycles. The molecule has 0 saturated heterocycles. The number of nitrogens with zero attached hydrogens (tertiary/aromatic N) is 1. The maximum atomic E-state index is 12.5. The molecule has 7 heteroatoms. The Balaban J connectivity index is 2.26. The summed E-state index contributed by atoms with van der Waals surface area (Å²) in [4.78, 5) is 39.2. The van der Waals surface area contributed by atoms with Crippen LogP contribution in [-0.4, -0.2) is 43.4 Å². The molecular weight excluding hydrogens is 400 g/mol. The number of hydrogen-bond donors (Lipinski definition) is 1. The summed E-state index contributed by atoms with van der Waals surface area (Å²) in [5, 5.41) is 3.03. The third kappa shape index (κ3) is 5.57. The molecule has 0 unspecified atom stereocenters. The third-order valence-corrected chi connectivity index (χ3v) is 5.69. The zero-order chi connectivity index (χ0) is 22.4. The summed E-state index contributed by atoms with van der Waals surface area (Å²) in [6.45, 7) is 7.83. The van der Waals surface area contributed by atoms with Crippen molar-refractivity contribution in [1.29, 1.82) is 0 Å². The first-order chi connectivity index (χ1) is 14.1. The number of rotatable bonds is 7. The molecule has 0 aliphatic carbocycles. The smallest absolute Gasteiger partial charge is 0.341 e. The Morgan fingerprint density at radius 3 is 2.33 bits per heavy atom. The fourth-order valence-corrected chi connectivity index (χ4v) is 3.99. The van der Waals surface area contributed by atoms with Crippen LogP contribution in [0.5, 0.6) is 0 Å². The van der Waals surface area contributed by atoms with Gasteiger partial charge in [0.05, 0.1) is 17.0 Å². The van der Waals surface area contributed by atoms with Gasteiger partial charge in [-0.15, -0.1) is 11.3 Å². The lowest BCUT2D eigenvalue weighted by molar-refractivity contribution is -0.111. The van der Waals surface area contributed by atoms with E-state index in [0.717, 1.165) is 16.9 Å². The maximum absolute atomic E-state index is 12.5. The topological polar surface area (TPSA) is 75.7 Å². The van der Waals surface area contributed by atoms with Gasteiger partial charge in [-0.1, -0.05) is 38.1 Å². The Bertz CT molecular complexity index is 956. The van der Waals surface area contributed by atoms with E-state index in [2.05, 4.69) is 19.2 Å². The molecule has 6 nitrogen and oxygen atoms in total. The zero-order valence-electron chi connectivity index (χ0n) is 18.2. The van der Waals surface area contributed by atoms with Gasteiger partial charge >= 0.3 is 5.97 Å². The van der Waals surface area contributed by atoms with Crippen LogP contribution in [0.1, 0.15) is 63.4 Å². The summed E-state index contributed by atoms with van der Waals surface area (Å²) in [6, 6.07) is 7.96. The van der Waals surface area contributed by atoms with E-state index < -0.39 is 11.9 Å². The number of benzene rings is 1. The first-order valence-corrected chi connectivity index (χ1v) is 10.6. The van der Waals surface area contributed by atoms with Gasteiger partial charge in [-0.3, -0.25) is 9.59 Å². The van der Waals surface area contributed by atoms with Crippen molar-refractivity contribution >= 4 is 40.2 Å². The van der Waals surface area contributed by atoms with E-state index in [0.29, 0.717) is 21.4 Å². The van der Waals surface area contributed by atoms with Gasteiger partial charge < -0.3 is 15.0 Å². The lowest BCUT2D eigenvalue weighted by atomic mass is 10.0. The average molecular weight is 429 g/mol. The molecule has 0 fully saturated rings. The van der Waals surface area contributed by atoms with Crippen LogP contribution >= 0.6 is 11.3 Å². The molecule has 1 aromatic carbocycles. The minimum absolute atomic E-state index is 0.199. The average Bonchev–Trinajstić information content (AvgIpc) is 3.01. The molecule has 0 spiro atoms. The number of carbonyl (C=O) groups is 3. The van der Waals surface area contributed by atoms with Crippen molar-refractivity contribution in [3.05, 3.63) is 57.5 Å². The number of nitrogens with one attached hydrogen (secondary N) is 1. The van der Waals surface area contributed by atoms with Crippen LogP contribution in [0, 0.1) is 6.92 Å². The number of thiophene rings is 1. The number of carbonyl (C=O) groups excluding carboxylic acids is 3. The first kappa shape index (κ1) is 23.3. The van der Waals surface area contributed by atoms with Crippen LogP contribution in [0.15, 0.2) is 30.3 Å². The molecule has 0 atom stereocenters. The highest BCUT2D eigenvalue weighted by Crippen LogP contribution is 2.34. The van der Waals surface area contributed by atoms with E-state index in [4.69, 9.17) is 4.74 Å². The molecule has 0 aliphatic rings. The van der Waals surface area contributed by atoms with Crippen LogP contribution < -0.4 is 5.32 Å². The summed E-state index contributed by atoms with van der Waals surface area (Å²) < 4.78 is 5.12. The summed E-state index contributed by atoms with van der Waals surface area (Å²) in [5.74, 6) is -0.746. The highest BCUT2D eigenvalue weighted by Gasteiger charge is 2.27. The van der Waals surface area contributed by atoms with Crippen LogP contribution in [0.25, 0.3) is 6.08 Å². The van der Waals surface area contributed by atoms with Crippen molar-refractivity contribution in [3.63, 3.8) is 0 Å². The lowest BCUT2D eigenvalue weighted by Crippen LogP contribution is -2.21. The van der Waals surface area contributed by atoms with Gasteiger partial charge in [0.2, 0.25) is 5.91 Å². The summed E-state index contributed by atoms with van der Waals surface area (Å²) in [5.41, 5.74) is 2.84. The second-order valence-corrected chi connectivity index (χ2v) is 8.34. The van der Waals surface area contributed by atoms with Gasteiger partial charge in [-0.05, 0) is 42.5 Å². The summed E-state index contributed by atoms with van der Waals surface area (Å²) >= 11 is 1.07. The van der Waals surface area contributed by atoms with E-state index >= 15 is 0 Å². The molecule has 0 bridgehead atoms. The molecular formula is C23H28N2O4S. The van der Waals surface area contributed by atoms with Gasteiger partial charge in [0.25, 0.3) is 5.91 Å². The van der Waals surface area contributed by atoms with Gasteiger partial charge in [0.15, 0.2) is 0 Å². The Hall–Kier alpha value is -2.93. The number of amides is 2. The quantitative estimate of drug-likeness (QED) is 0.512. The molecule has 160 valence electrons. The first-order valence-electron chi connectivity index (χ1n) is 9.76. The van der Waals surface area contributed by atoms with Crippen LogP contribution in [-0.2, 0) is 9.53 Å². The molecule has 1 heterocycles. The van der Waals surface area contributed by atoms with Crippen LogP contribution in [0.2, 0.25) is 0 Å². The minimum atomic E-state index is -0.562. The van der Waals surface area contributed by atoms with Gasteiger partial charge in [0, 0.05) is 20.2 Å². The highest BCUT2D eigenvalue weighted by molar-refractivity contribution is 7.18. The van der Waals surface area contributed by atoms with Crippen molar-refractivity contribution in [2.75, 3.05) is 26.0 Å². The zero-order valence-corrected chi connectivity index (χ0v) is 19.1. The molecule has 2 aromatic rings. The van der Waals surface area contributed by atoms with Gasteiger partial charge in [-0.2, -0.15) is 0 Å². The molecule has 2 rings (SSSR count). The molecule has 30 heavy (non-hydrogen) atoms. The van der Waals surface area contributed by atoms with Crippen molar-refractivity contribution in [2.24, 2.45) is 0 Å². The maximum Gasteiger partial charge on any atom is 0.341 e. The fraction of sp³-hybridized carbons (Fsp3) is 0.348. The minimum Gasteiger partial charge on any atom is -0.462 e. The molecule has 1 N–H and O–H groups in total. The predicted octanol–water partition coefficient (Wildman–Crippen LogP) is 4.71. The van der Waals surface area contributed by atoms with E-state index in [1.807, 2.05) is 24.3 Å². The van der Waals surface area contributed by atoms with Crippen LogP contribution in [0.4, 0.5) is 5.00 Å². The van der Waals surface area contributed by atoms with Crippen molar-refractivity contribution in [1.82, 2.24) is 4.90 Å². The molecule has 0 radical (unpaired) electrons. The standard InChI is InChI=1S/C23H28N2O4S/c1-7-29-23(28)19-15(4)20(22(27)25(5)6)30-21(19)24-18(26)13-10-16-8-11-17(12-9-16)14(2)3/h8-14H,7H2,1-6H3,(H,24,26). The summed E-state index contributed by atoms with van der Waals surface area (Å²) in [7, 11) is 3.27. The van der Waals surface area contributed by atoms with E-state index in [1.54, 1.807) is 34.0 Å². The number of anilines is 1. The largest absolute Gasteiger partial charge is 0.462 e. The SMILES string of the molecule is CCOC(=O)c1c(NC(=O)C=Cc2ccc(C(C)C)cc2)sc(C(=O)N(C)C)c1C. The van der Waals surface area contributed by atoms with E-state index in [1.165, 1.54) is 16.5 Å². The second kappa shape index (κ2) is 10.2. The number of esters is 1.